The molecule has 1 aromatic heterocycles. The Morgan fingerprint density at radius 2 is 1.78 bits per heavy atom. The van der Waals surface area contributed by atoms with E-state index in [4.69, 9.17) is 23.2 Å². The summed E-state index contributed by atoms with van der Waals surface area (Å²) in [6.45, 7) is 3.81. The van der Waals surface area contributed by atoms with Gasteiger partial charge in [0.15, 0.2) is 0 Å². The highest BCUT2D eigenvalue weighted by atomic mass is 79.9. The largest absolute Gasteiger partial charge is 0.326 e. The number of nitrogens with zero attached hydrogens (tertiary/aromatic N) is 2. The van der Waals surface area contributed by atoms with Gasteiger partial charge in [-0.1, -0.05) is 88.9 Å². The fourth-order valence-corrected chi connectivity index (χ4v) is 4.44. The first-order valence-electron chi connectivity index (χ1n) is 9.70. The van der Waals surface area contributed by atoms with Crippen LogP contribution >= 0.6 is 50.5 Å². The molecular weight excluding hydrogens is 537 g/mol. The number of para-hydroxylation sites is 1. The summed E-state index contributed by atoms with van der Waals surface area (Å²) in [6, 6.07) is 11.1. The van der Waals surface area contributed by atoms with Crippen LogP contribution in [0.5, 0.6) is 0 Å². The van der Waals surface area contributed by atoms with E-state index in [-0.39, 0.29) is 11.6 Å². The summed E-state index contributed by atoms with van der Waals surface area (Å²) < 4.78 is 0.918. The minimum absolute atomic E-state index is 0.139. The normalized spacial score (nSPS) is 12.7. The van der Waals surface area contributed by atoms with Crippen molar-refractivity contribution in [2.24, 2.45) is 5.92 Å². The quantitative estimate of drug-likeness (QED) is 0.311. The zero-order valence-electron chi connectivity index (χ0n) is 17.2. The Morgan fingerprint density at radius 1 is 1.09 bits per heavy atom. The number of nitrogens with one attached hydrogen (secondary N) is 3. The first-order chi connectivity index (χ1) is 15.3. The maximum atomic E-state index is 13.0. The predicted octanol–water partition coefficient (Wildman–Crippen LogP) is 6.45. The van der Waals surface area contributed by atoms with Crippen molar-refractivity contribution in [2.75, 3.05) is 10.6 Å². The van der Waals surface area contributed by atoms with E-state index < -0.39 is 18.0 Å². The summed E-state index contributed by atoms with van der Waals surface area (Å²) in [5.41, 5.74) is 1.16. The van der Waals surface area contributed by atoms with Crippen molar-refractivity contribution < 1.29 is 9.59 Å². The summed E-state index contributed by atoms with van der Waals surface area (Å²) in [5.74, 6) is -0.531. The summed E-state index contributed by atoms with van der Waals surface area (Å²) in [5, 5.41) is 17.9. The summed E-state index contributed by atoms with van der Waals surface area (Å²) >= 11 is 16.9. The number of halogens is 3. The van der Waals surface area contributed by atoms with Gasteiger partial charge in [0.05, 0.1) is 15.7 Å². The molecule has 32 heavy (non-hydrogen) atoms. The predicted molar refractivity (Wildman–Crippen MR) is 134 cm³/mol. The number of amides is 3. The fraction of sp³-hybridized carbons (Fsp3) is 0.238. The highest BCUT2D eigenvalue weighted by Gasteiger charge is 2.27. The zero-order valence-corrected chi connectivity index (χ0v) is 21.1. The van der Waals surface area contributed by atoms with Crippen LogP contribution in [0.1, 0.15) is 20.3 Å². The molecule has 2 aromatic carbocycles. The molecule has 0 aliphatic rings. The zero-order chi connectivity index (χ0) is 23.3. The molecule has 2 unspecified atom stereocenters. The van der Waals surface area contributed by atoms with Gasteiger partial charge in [-0.3, -0.25) is 10.1 Å². The van der Waals surface area contributed by atoms with E-state index in [9.17, 15) is 9.59 Å². The number of carbonyl (C=O) groups excluding carboxylic acids is 2. The third kappa shape index (κ3) is 6.19. The highest BCUT2D eigenvalue weighted by molar-refractivity contribution is 9.10. The number of urea groups is 1. The topological polar surface area (TPSA) is 96.0 Å². The van der Waals surface area contributed by atoms with Crippen molar-refractivity contribution in [3.8, 4) is 10.6 Å². The SMILES string of the molecule is CCC(C)C(NC(=O)Nc1c(Cl)cccc1Cl)C(=O)Nc1nnc(-c2cccc(Br)c2)s1. The lowest BCUT2D eigenvalue weighted by Crippen LogP contribution is -2.49. The number of aromatic nitrogens is 2. The summed E-state index contributed by atoms with van der Waals surface area (Å²) in [4.78, 5) is 25.5. The van der Waals surface area contributed by atoms with Crippen LogP contribution in [0.2, 0.25) is 10.0 Å². The van der Waals surface area contributed by atoms with Crippen LogP contribution in [0.3, 0.4) is 0 Å². The van der Waals surface area contributed by atoms with Gasteiger partial charge < -0.3 is 10.6 Å². The highest BCUT2D eigenvalue weighted by Crippen LogP contribution is 2.30. The Bertz CT molecular complexity index is 1110. The van der Waals surface area contributed by atoms with E-state index in [1.807, 2.05) is 38.1 Å². The second-order valence-electron chi connectivity index (χ2n) is 6.97. The Hall–Kier alpha value is -2.20. The fourth-order valence-electron chi connectivity index (χ4n) is 2.81. The molecule has 0 aliphatic heterocycles. The molecule has 3 amide bonds. The van der Waals surface area contributed by atoms with Crippen molar-refractivity contribution in [1.82, 2.24) is 15.5 Å². The van der Waals surface area contributed by atoms with Crippen LogP contribution in [-0.2, 0) is 4.79 Å². The van der Waals surface area contributed by atoms with Gasteiger partial charge in [-0.15, -0.1) is 10.2 Å². The van der Waals surface area contributed by atoms with Crippen LogP contribution < -0.4 is 16.0 Å². The van der Waals surface area contributed by atoms with Gasteiger partial charge in [0.1, 0.15) is 11.0 Å². The van der Waals surface area contributed by atoms with Gasteiger partial charge in [-0.25, -0.2) is 4.79 Å². The van der Waals surface area contributed by atoms with E-state index in [2.05, 4.69) is 42.1 Å². The van der Waals surface area contributed by atoms with Crippen molar-refractivity contribution >= 4 is 73.2 Å². The molecule has 2 atom stereocenters. The molecule has 168 valence electrons. The summed E-state index contributed by atoms with van der Waals surface area (Å²) in [7, 11) is 0. The molecule has 1 heterocycles. The smallest absolute Gasteiger partial charge is 0.319 e. The Balaban J connectivity index is 1.71. The Labute approximate surface area is 208 Å². The van der Waals surface area contributed by atoms with Gasteiger partial charge in [-0.05, 0) is 30.2 Å². The standard InChI is InChI=1S/C21H20BrCl2N5O2S/c1-3-11(2)16(25-20(31)26-17-14(23)8-5-9-15(17)24)18(30)27-21-29-28-19(32-21)12-6-4-7-13(22)10-12/h4-11,16H,3H2,1-2H3,(H2,25,26,31)(H,27,29,30). The molecule has 3 aromatic rings. The molecule has 0 fully saturated rings. The van der Waals surface area contributed by atoms with Crippen molar-refractivity contribution in [2.45, 2.75) is 26.3 Å². The maximum Gasteiger partial charge on any atom is 0.319 e. The minimum atomic E-state index is -0.806. The molecule has 3 rings (SSSR count). The van der Waals surface area contributed by atoms with Crippen molar-refractivity contribution in [3.63, 3.8) is 0 Å². The van der Waals surface area contributed by atoms with Gasteiger partial charge >= 0.3 is 6.03 Å². The van der Waals surface area contributed by atoms with Crippen LogP contribution in [0, 0.1) is 5.92 Å². The maximum absolute atomic E-state index is 13.0. The van der Waals surface area contributed by atoms with Gasteiger partial charge in [0.2, 0.25) is 11.0 Å². The van der Waals surface area contributed by atoms with E-state index >= 15 is 0 Å². The first kappa shape index (κ1) is 24.4. The molecule has 0 aliphatic carbocycles. The van der Waals surface area contributed by atoms with E-state index in [0.717, 1.165) is 10.0 Å². The average molecular weight is 557 g/mol. The van der Waals surface area contributed by atoms with Gasteiger partial charge in [0.25, 0.3) is 0 Å². The van der Waals surface area contributed by atoms with Gasteiger partial charge in [0, 0.05) is 10.0 Å². The van der Waals surface area contributed by atoms with Crippen molar-refractivity contribution in [1.29, 1.82) is 0 Å². The number of hydrogen-bond donors (Lipinski definition) is 3. The third-order valence-corrected chi connectivity index (χ3v) is 6.72. The molecule has 0 radical (unpaired) electrons. The third-order valence-electron chi connectivity index (χ3n) is 4.71. The molecule has 0 saturated carbocycles. The molecule has 0 bridgehead atoms. The average Bonchev–Trinajstić information content (AvgIpc) is 3.22. The molecule has 0 saturated heterocycles. The molecule has 0 spiro atoms. The Kier molecular flexibility index (Phi) is 8.47. The van der Waals surface area contributed by atoms with Crippen molar-refractivity contribution in [3.05, 3.63) is 57.0 Å². The van der Waals surface area contributed by atoms with Gasteiger partial charge in [-0.2, -0.15) is 0 Å². The lowest BCUT2D eigenvalue weighted by Gasteiger charge is -2.23. The number of rotatable bonds is 7. The number of anilines is 2. The van der Waals surface area contributed by atoms with E-state index in [1.165, 1.54) is 11.3 Å². The minimum Gasteiger partial charge on any atom is -0.326 e. The van der Waals surface area contributed by atoms with Crippen LogP contribution in [0.4, 0.5) is 15.6 Å². The molecule has 11 heteroatoms. The lowest BCUT2D eigenvalue weighted by molar-refractivity contribution is -0.119. The molecular formula is C21H20BrCl2N5O2S. The summed E-state index contributed by atoms with van der Waals surface area (Å²) in [6.07, 6.45) is 0.671. The monoisotopic (exact) mass is 555 g/mol. The second-order valence-corrected chi connectivity index (χ2v) is 9.68. The van der Waals surface area contributed by atoms with E-state index in [1.54, 1.807) is 18.2 Å². The lowest BCUT2D eigenvalue weighted by atomic mass is 9.98. The second kappa shape index (κ2) is 11.1. The number of carbonyl (C=O) groups is 2. The molecule has 3 N–H and O–H groups in total. The Morgan fingerprint density at radius 3 is 2.44 bits per heavy atom. The van der Waals surface area contributed by atoms with Crippen LogP contribution in [0.15, 0.2) is 46.9 Å². The van der Waals surface area contributed by atoms with E-state index in [0.29, 0.717) is 26.6 Å². The van der Waals surface area contributed by atoms with Crippen LogP contribution in [-0.4, -0.2) is 28.2 Å². The number of hydrogen-bond acceptors (Lipinski definition) is 5. The van der Waals surface area contributed by atoms with Crippen LogP contribution in [0.25, 0.3) is 10.6 Å². The number of benzene rings is 2. The first-order valence-corrected chi connectivity index (χ1v) is 12.1. The molecule has 7 nitrogen and oxygen atoms in total.